The Morgan fingerprint density at radius 3 is 2.48 bits per heavy atom. The molecule has 122 valence electrons. The van der Waals surface area contributed by atoms with Gasteiger partial charge in [-0.05, 0) is 41.0 Å². The molecule has 5 heteroatoms. The van der Waals surface area contributed by atoms with Gasteiger partial charge in [-0.25, -0.2) is 4.79 Å². The summed E-state index contributed by atoms with van der Waals surface area (Å²) in [5.41, 5.74) is -0.560. The van der Waals surface area contributed by atoms with Crippen LogP contribution >= 0.6 is 0 Å². The Balaban J connectivity index is 2.84. The number of carbonyl (C=O) groups excluding carboxylic acids is 1. The number of hydrogen-bond acceptors (Lipinski definition) is 5. The number of rotatable bonds is 5. The summed E-state index contributed by atoms with van der Waals surface area (Å²) in [5, 5.41) is 0. The Morgan fingerprint density at radius 2 is 2.05 bits per heavy atom. The van der Waals surface area contributed by atoms with E-state index in [4.69, 9.17) is 18.9 Å². The monoisotopic (exact) mass is 300 g/mol. The fraction of sp³-hybridized carbons (Fsp3) is 0.812. The number of carbonyl (C=O) groups is 1. The molecule has 5 nitrogen and oxygen atoms in total. The van der Waals surface area contributed by atoms with Crippen LogP contribution < -0.4 is 0 Å². The van der Waals surface area contributed by atoms with Crippen molar-refractivity contribution in [1.29, 1.82) is 0 Å². The molecule has 0 saturated carbocycles. The van der Waals surface area contributed by atoms with E-state index in [-0.39, 0.29) is 12.0 Å². The van der Waals surface area contributed by atoms with Gasteiger partial charge >= 0.3 is 5.97 Å². The Kier molecular flexibility index (Phi) is 5.96. The summed E-state index contributed by atoms with van der Waals surface area (Å²) in [7, 11) is 1.50. The Morgan fingerprint density at radius 1 is 1.43 bits per heavy atom. The maximum atomic E-state index is 12.3. The highest BCUT2D eigenvalue weighted by Crippen LogP contribution is 2.30. The SMILES string of the molecule is C=C[C@H]([C@@H]1CCOC(C)(C)O1)[C@@H](OC)C(=O)OC(C)(C)C. The van der Waals surface area contributed by atoms with Crippen molar-refractivity contribution in [2.24, 2.45) is 5.92 Å². The Bertz CT molecular complexity index is 369. The number of ether oxygens (including phenoxy) is 4. The summed E-state index contributed by atoms with van der Waals surface area (Å²) in [6.07, 6.45) is 1.46. The third-order valence-corrected chi connectivity index (χ3v) is 3.23. The van der Waals surface area contributed by atoms with E-state index in [0.29, 0.717) is 13.0 Å². The molecule has 0 aromatic rings. The zero-order valence-corrected chi connectivity index (χ0v) is 14.0. The van der Waals surface area contributed by atoms with E-state index in [9.17, 15) is 4.79 Å². The Labute approximate surface area is 127 Å². The van der Waals surface area contributed by atoms with E-state index in [1.165, 1.54) is 7.11 Å². The molecule has 0 spiro atoms. The third-order valence-electron chi connectivity index (χ3n) is 3.23. The highest BCUT2D eigenvalue weighted by Gasteiger charge is 2.40. The minimum Gasteiger partial charge on any atom is -0.458 e. The third kappa shape index (κ3) is 5.41. The van der Waals surface area contributed by atoms with Crippen LogP contribution in [-0.4, -0.2) is 43.3 Å². The van der Waals surface area contributed by atoms with Gasteiger partial charge in [-0.15, -0.1) is 6.58 Å². The molecule has 1 saturated heterocycles. The van der Waals surface area contributed by atoms with Gasteiger partial charge < -0.3 is 18.9 Å². The normalized spacial score (nSPS) is 25.0. The minimum absolute atomic E-state index is 0.191. The van der Waals surface area contributed by atoms with E-state index < -0.39 is 23.5 Å². The standard InChI is InChI=1S/C16H28O5/c1-8-11(12-9-10-19-16(5,6)20-12)13(18-7)14(17)21-15(2,3)4/h8,11-13H,1,9-10H2,2-7H3/t11-,12+,13-/m1/s1. The first-order valence-corrected chi connectivity index (χ1v) is 7.29. The van der Waals surface area contributed by atoms with Crippen LogP contribution in [0.1, 0.15) is 41.0 Å². The lowest BCUT2D eigenvalue weighted by Crippen LogP contribution is -2.48. The first-order valence-electron chi connectivity index (χ1n) is 7.29. The van der Waals surface area contributed by atoms with Crippen LogP contribution in [0.2, 0.25) is 0 Å². The molecule has 0 unspecified atom stereocenters. The summed E-state index contributed by atoms with van der Waals surface area (Å²) >= 11 is 0. The molecule has 1 heterocycles. The van der Waals surface area contributed by atoms with Gasteiger partial charge in [0.15, 0.2) is 11.9 Å². The van der Waals surface area contributed by atoms with Crippen molar-refractivity contribution in [3.8, 4) is 0 Å². The molecular weight excluding hydrogens is 272 g/mol. The van der Waals surface area contributed by atoms with Crippen LogP contribution in [0.15, 0.2) is 12.7 Å². The average molecular weight is 300 g/mol. The maximum absolute atomic E-state index is 12.3. The lowest BCUT2D eigenvalue weighted by molar-refractivity contribution is -0.284. The number of methoxy groups -OCH3 is 1. The van der Waals surface area contributed by atoms with Gasteiger partial charge in [-0.1, -0.05) is 6.08 Å². The van der Waals surface area contributed by atoms with Crippen LogP contribution in [0.4, 0.5) is 0 Å². The second kappa shape index (κ2) is 6.90. The van der Waals surface area contributed by atoms with Gasteiger partial charge in [0.2, 0.25) is 0 Å². The predicted molar refractivity (Wildman–Crippen MR) is 79.9 cm³/mol. The maximum Gasteiger partial charge on any atom is 0.336 e. The van der Waals surface area contributed by atoms with Gasteiger partial charge in [-0.3, -0.25) is 0 Å². The first kappa shape index (κ1) is 18.1. The molecule has 1 fully saturated rings. The lowest BCUT2D eigenvalue weighted by atomic mass is 9.92. The topological polar surface area (TPSA) is 54.0 Å². The van der Waals surface area contributed by atoms with E-state index in [2.05, 4.69) is 6.58 Å². The van der Waals surface area contributed by atoms with Gasteiger partial charge in [-0.2, -0.15) is 0 Å². The van der Waals surface area contributed by atoms with Crippen molar-refractivity contribution in [3.05, 3.63) is 12.7 Å². The van der Waals surface area contributed by atoms with Gasteiger partial charge in [0.25, 0.3) is 0 Å². The summed E-state index contributed by atoms with van der Waals surface area (Å²) in [4.78, 5) is 12.3. The van der Waals surface area contributed by atoms with E-state index in [1.807, 2.05) is 34.6 Å². The molecule has 0 N–H and O–H groups in total. The zero-order chi connectivity index (χ0) is 16.3. The summed E-state index contributed by atoms with van der Waals surface area (Å²) in [6.45, 7) is 13.6. The van der Waals surface area contributed by atoms with Crippen molar-refractivity contribution in [3.63, 3.8) is 0 Å². The minimum atomic E-state index is -0.736. The van der Waals surface area contributed by atoms with Crippen molar-refractivity contribution in [2.75, 3.05) is 13.7 Å². The highest BCUT2D eigenvalue weighted by molar-refractivity contribution is 5.76. The molecule has 1 aliphatic rings. The molecule has 1 rings (SSSR count). The van der Waals surface area contributed by atoms with Crippen molar-refractivity contribution in [2.45, 2.75) is 64.6 Å². The molecule has 0 aliphatic carbocycles. The van der Waals surface area contributed by atoms with Gasteiger partial charge in [0, 0.05) is 13.0 Å². The molecular formula is C16H28O5. The van der Waals surface area contributed by atoms with Crippen molar-refractivity contribution in [1.82, 2.24) is 0 Å². The molecule has 0 amide bonds. The average Bonchev–Trinajstić information content (AvgIpc) is 2.31. The van der Waals surface area contributed by atoms with Crippen LogP contribution in [0.25, 0.3) is 0 Å². The largest absolute Gasteiger partial charge is 0.458 e. The van der Waals surface area contributed by atoms with E-state index >= 15 is 0 Å². The molecule has 1 aliphatic heterocycles. The summed E-state index contributed by atoms with van der Waals surface area (Å²) in [6, 6.07) is 0. The van der Waals surface area contributed by atoms with Gasteiger partial charge in [0.1, 0.15) is 5.60 Å². The van der Waals surface area contributed by atoms with Gasteiger partial charge in [0.05, 0.1) is 12.7 Å². The molecule has 0 bridgehead atoms. The number of hydrogen-bond donors (Lipinski definition) is 0. The van der Waals surface area contributed by atoms with E-state index in [1.54, 1.807) is 6.08 Å². The number of esters is 1. The fourth-order valence-corrected chi connectivity index (χ4v) is 2.39. The Hall–Kier alpha value is -0.910. The molecule has 0 radical (unpaired) electrons. The smallest absolute Gasteiger partial charge is 0.336 e. The summed E-state index contributed by atoms with van der Waals surface area (Å²) < 4.78 is 22.2. The molecule has 0 aromatic heterocycles. The van der Waals surface area contributed by atoms with Crippen molar-refractivity contribution >= 4 is 5.97 Å². The fourth-order valence-electron chi connectivity index (χ4n) is 2.39. The first-order chi connectivity index (χ1) is 9.59. The molecule has 21 heavy (non-hydrogen) atoms. The quantitative estimate of drug-likeness (QED) is 0.577. The van der Waals surface area contributed by atoms with Crippen molar-refractivity contribution < 1.29 is 23.7 Å². The van der Waals surface area contributed by atoms with Crippen LogP contribution in [-0.2, 0) is 23.7 Å². The van der Waals surface area contributed by atoms with E-state index in [0.717, 1.165) is 0 Å². The predicted octanol–water partition coefficient (Wildman–Crippen LogP) is 2.69. The summed E-state index contributed by atoms with van der Waals surface area (Å²) in [5.74, 6) is -1.35. The lowest BCUT2D eigenvalue weighted by Gasteiger charge is -2.40. The second-order valence-electron chi connectivity index (χ2n) is 6.70. The highest BCUT2D eigenvalue weighted by atomic mass is 16.7. The van der Waals surface area contributed by atoms with Crippen LogP contribution in [0.3, 0.4) is 0 Å². The molecule has 3 atom stereocenters. The molecule has 0 aromatic carbocycles. The van der Waals surface area contributed by atoms with Crippen LogP contribution in [0, 0.1) is 5.92 Å². The van der Waals surface area contributed by atoms with Crippen LogP contribution in [0.5, 0.6) is 0 Å². The second-order valence-corrected chi connectivity index (χ2v) is 6.70. The zero-order valence-electron chi connectivity index (χ0n) is 14.0.